The molecule has 0 bridgehead atoms. The summed E-state index contributed by atoms with van der Waals surface area (Å²) in [5, 5.41) is 15.9. The fourth-order valence-electron chi connectivity index (χ4n) is 2.88. The lowest BCUT2D eigenvalue weighted by Gasteiger charge is -2.08. The third kappa shape index (κ3) is 5.25. The van der Waals surface area contributed by atoms with Gasteiger partial charge in [0.1, 0.15) is 11.5 Å². The van der Waals surface area contributed by atoms with E-state index in [9.17, 15) is 0 Å². The van der Waals surface area contributed by atoms with E-state index >= 15 is 0 Å². The number of pyridine rings is 2. The number of methoxy groups -OCH3 is 1. The number of nitrogens with zero attached hydrogens (tertiary/aromatic N) is 4. The molecular formula is C22H21N7O. The van der Waals surface area contributed by atoms with E-state index in [1.54, 1.807) is 43.6 Å². The molecule has 0 fully saturated rings. The predicted molar refractivity (Wildman–Crippen MR) is 114 cm³/mol. The molecule has 8 heteroatoms. The van der Waals surface area contributed by atoms with Crippen molar-refractivity contribution in [2.75, 3.05) is 12.8 Å². The smallest absolute Gasteiger partial charge is 0.124 e. The maximum atomic E-state index is 9.12. The number of aromatic nitrogens is 2. The molecule has 3 rings (SSSR count). The molecule has 4 N–H and O–H groups in total. The van der Waals surface area contributed by atoms with Crippen LogP contribution in [0.2, 0.25) is 0 Å². The molecule has 150 valence electrons. The topological polar surface area (TPSA) is 133 Å². The fourth-order valence-corrected chi connectivity index (χ4v) is 2.88. The van der Waals surface area contributed by atoms with Crippen molar-refractivity contribution < 1.29 is 4.74 Å². The van der Waals surface area contributed by atoms with Gasteiger partial charge in [0, 0.05) is 24.4 Å². The second-order valence-corrected chi connectivity index (χ2v) is 6.43. The molecule has 0 saturated heterocycles. The zero-order chi connectivity index (χ0) is 21.3. The van der Waals surface area contributed by atoms with Crippen LogP contribution in [0.3, 0.4) is 0 Å². The lowest BCUT2D eigenvalue weighted by molar-refractivity contribution is 0.181. The van der Waals surface area contributed by atoms with Crippen LogP contribution in [0, 0.1) is 16.9 Å². The monoisotopic (exact) mass is 399 g/mol. The number of nitrogens with one attached hydrogen (secondary N) is 2. The zero-order valence-corrected chi connectivity index (χ0v) is 16.5. The summed E-state index contributed by atoms with van der Waals surface area (Å²) in [6, 6.07) is 18.4. The van der Waals surface area contributed by atoms with Crippen molar-refractivity contribution >= 4 is 11.5 Å². The highest BCUT2D eigenvalue weighted by molar-refractivity contribution is 5.72. The zero-order valence-electron chi connectivity index (χ0n) is 16.5. The van der Waals surface area contributed by atoms with Gasteiger partial charge in [0.15, 0.2) is 0 Å². The summed E-state index contributed by atoms with van der Waals surface area (Å²) in [6.07, 6.45) is 1.64. The normalized spacial score (nSPS) is 11.0. The first kappa shape index (κ1) is 20.6. The number of benzene rings is 1. The van der Waals surface area contributed by atoms with Gasteiger partial charge < -0.3 is 15.8 Å². The van der Waals surface area contributed by atoms with Gasteiger partial charge in [-0.3, -0.25) is 4.98 Å². The van der Waals surface area contributed by atoms with Crippen molar-refractivity contribution in [3.63, 3.8) is 0 Å². The molecule has 0 aliphatic heterocycles. The molecule has 30 heavy (non-hydrogen) atoms. The van der Waals surface area contributed by atoms with E-state index in [1.807, 2.05) is 24.3 Å². The van der Waals surface area contributed by atoms with E-state index < -0.39 is 0 Å². The van der Waals surface area contributed by atoms with E-state index in [4.69, 9.17) is 21.3 Å². The number of ether oxygens (including phenoxy) is 1. The van der Waals surface area contributed by atoms with Crippen LogP contribution in [0.4, 0.5) is 5.82 Å². The van der Waals surface area contributed by atoms with E-state index in [1.165, 1.54) is 0 Å². The number of nitrogen functional groups attached to an aromatic ring is 1. The van der Waals surface area contributed by atoms with Crippen molar-refractivity contribution in [2.45, 2.75) is 13.2 Å². The van der Waals surface area contributed by atoms with Crippen LogP contribution >= 0.6 is 0 Å². The minimum absolute atomic E-state index is 0.299. The van der Waals surface area contributed by atoms with Crippen LogP contribution in [0.1, 0.15) is 22.5 Å². The summed E-state index contributed by atoms with van der Waals surface area (Å²) in [5.74, 6) is 0.299. The van der Waals surface area contributed by atoms with Gasteiger partial charge in [0.25, 0.3) is 0 Å². The van der Waals surface area contributed by atoms with E-state index in [-0.39, 0.29) is 0 Å². The Labute approximate surface area is 174 Å². The summed E-state index contributed by atoms with van der Waals surface area (Å²) >= 11 is 0. The lowest BCUT2D eigenvalue weighted by atomic mass is 10.1. The van der Waals surface area contributed by atoms with Gasteiger partial charge in [0.05, 0.1) is 41.9 Å². The Balaban J connectivity index is 1.82. The summed E-state index contributed by atoms with van der Waals surface area (Å²) in [5.41, 5.74) is 18.2. The van der Waals surface area contributed by atoms with Crippen molar-refractivity contribution in [3.05, 3.63) is 83.3 Å². The molecule has 0 unspecified atom stereocenters. The molecule has 0 spiro atoms. The van der Waals surface area contributed by atoms with E-state index in [0.29, 0.717) is 41.5 Å². The van der Waals surface area contributed by atoms with Gasteiger partial charge in [-0.1, -0.05) is 18.2 Å². The first-order valence-corrected chi connectivity index (χ1v) is 9.16. The quantitative estimate of drug-likeness (QED) is 0.493. The number of hydrogen-bond acceptors (Lipinski definition) is 8. The molecule has 0 radical (unpaired) electrons. The number of hydrogen-bond donors (Lipinski definition) is 3. The van der Waals surface area contributed by atoms with Crippen LogP contribution in [0.25, 0.3) is 17.0 Å². The van der Waals surface area contributed by atoms with Gasteiger partial charge in [-0.2, -0.15) is 10.4 Å². The fraction of sp³-hybridized carbons (Fsp3) is 0.136. The van der Waals surface area contributed by atoms with Gasteiger partial charge in [0.2, 0.25) is 0 Å². The SMILES string of the molecule is COCc1cccc(CN/C=C(\N=N)c2cc(N)nc(-c3cccc(C#N)c3)c2)n1. The van der Waals surface area contributed by atoms with Crippen LogP contribution in [-0.4, -0.2) is 17.1 Å². The Morgan fingerprint density at radius 1 is 1.20 bits per heavy atom. The van der Waals surface area contributed by atoms with Crippen molar-refractivity contribution in [1.29, 1.82) is 10.8 Å². The summed E-state index contributed by atoms with van der Waals surface area (Å²) in [6.45, 7) is 0.914. The number of nitrogens with two attached hydrogens (primary N) is 1. The molecule has 0 atom stereocenters. The number of rotatable bonds is 8. The molecular weight excluding hydrogens is 378 g/mol. The number of nitriles is 1. The highest BCUT2D eigenvalue weighted by atomic mass is 16.5. The maximum absolute atomic E-state index is 9.12. The molecule has 8 nitrogen and oxygen atoms in total. The highest BCUT2D eigenvalue weighted by Gasteiger charge is 2.08. The third-order valence-corrected chi connectivity index (χ3v) is 4.23. The van der Waals surface area contributed by atoms with Crippen LogP contribution in [0.5, 0.6) is 0 Å². The minimum Gasteiger partial charge on any atom is -0.384 e. The Morgan fingerprint density at radius 2 is 2.00 bits per heavy atom. The van der Waals surface area contributed by atoms with Crippen LogP contribution < -0.4 is 11.1 Å². The second-order valence-electron chi connectivity index (χ2n) is 6.43. The molecule has 0 saturated carbocycles. The first-order chi connectivity index (χ1) is 14.6. The first-order valence-electron chi connectivity index (χ1n) is 9.16. The van der Waals surface area contributed by atoms with Gasteiger partial charge in [-0.15, -0.1) is 0 Å². The molecule has 2 aromatic heterocycles. The van der Waals surface area contributed by atoms with Gasteiger partial charge in [-0.05, 0) is 36.4 Å². The molecule has 1 aromatic carbocycles. The highest BCUT2D eigenvalue weighted by Crippen LogP contribution is 2.25. The van der Waals surface area contributed by atoms with Crippen LogP contribution in [-0.2, 0) is 17.9 Å². The average Bonchev–Trinajstić information content (AvgIpc) is 2.77. The summed E-state index contributed by atoms with van der Waals surface area (Å²) < 4.78 is 5.10. The molecule has 0 aliphatic carbocycles. The maximum Gasteiger partial charge on any atom is 0.124 e. The largest absolute Gasteiger partial charge is 0.384 e. The molecule has 3 aromatic rings. The second kappa shape index (κ2) is 9.91. The Kier molecular flexibility index (Phi) is 6.82. The van der Waals surface area contributed by atoms with Gasteiger partial charge in [-0.25, -0.2) is 10.5 Å². The van der Waals surface area contributed by atoms with Crippen molar-refractivity contribution in [2.24, 2.45) is 5.11 Å². The van der Waals surface area contributed by atoms with E-state index in [2.05, 4.69) is 26.5 Å². The molecule has 0 amide bonds. The summed E-state index contributed by atoms with van der Waals surface area (Å²) in [7, 11) is 1.63. The van der Waals surface area contributed by atoms with Crippen molar-refractivity contribution in [1.82, 2.24) is 15.3 Å². The standard InChI is InChI=1S/C22H21N7O/c1-30-14-19-7-3-6-18(27-19)12-26-13-21(29-25)17-9-20(28-22(24)10-17)16-5-2-4-15(8-16)11-23/h2-10,13,25-26H,12,14H2,1H3,(H2,24,28)/b21-13-,29-25?. The average molecular weight is 399 g/mol. The third-order valence-electron chi connectivity index (χ3n) is 4.23. The Hall–Kier alpha value is -4.09. The molecule has 2 heterocycles. The van der Waals surface area contributed by atoms with E-state index in [0.717, 1.165) is 17.0 Å². The van der Waals surface area contributed by atoms with Crippen molar-refractivity contribution in [3.8, 4) is 17.3 Å². The lowest BCUT2D eigenvalue weighted by Crippen LogP contribution is -2.08. The van der Waals surface area contributed by atoms with Gasteiger partial charge >= 0.3 is 0 Å². The van der Waals surface area contributed by atoms with Crippen LogP contribution in [0.15, 0.2) is 65.9 Å². The number of anilines is 1. The Morgan fingerprint density at radius 3 is 2.77 bits per heavy atom. The predicted octanol–water partition coefficient (Wildman–Crippen LogP) is 3.86. The summed E-state index contributed by atoms with van der Waals surface area (Å²) in [4.78, 5) is 8.84. The molecule has 0 aliphatic rings. The Bertz CT molecular complexity index is 1120. The minimum atomic E-state index is 0.299.